The molecule has 2 N–H and O–H groups in total. The number of rotatable bonds is 6. The number of aliphatic hydroxyl groups excluding tert-OH is 1. The van der Waals surface area contributed by atoms with Crippen molar-refractivity contribution in [3.05, 3.63) is 0 Å². The summed E-state index contributed by atoms with van der Waals surface area (Å²) < 4.78 is 78.5. The van der Waals surface area contributed by atoms with E-state index in [0.717, 1.165) is 36.2 Å². The van der Waals surface area contributed by atoms with Gasteiger partial charge in [0.25, 0.3) is 10.0 Å². The van der Waals surface area contributed by atoms with Gasteiger partial charge in [-0.3, -0.25) is 4.18 Å². The van der Waals surface area contributed by atoms with Crippen LogP contribution >= 0.6 is 0 Å². The van der Waals surface area contributed by atoms with Crippen molar-refractivity contribution in [2.24, 2.45) is 23.7 Å². The molecule has 23 heavy (non-hydrogen) atoms. The molecule has 4 aliphatic carbocycles. The van der Waals surface area contributed by atoms with E-state index in [2.05, 4.69) is 0 Å². The Kier molecular flexibility index (Phi) is 4.24. The van der Waals surface area contributed by atoms with Gasteiger partial charge in [-0.2, -0.15) is 17.2 Å². The average molecular weight is 375 g/mol. The monoisotopic (exact) mass is 375 g/mol. The largest absolute Gasteiger partial charge is 0.389 e. The van der Waals surface area contributed by atoms with Crippen LogP contribution in [0.5, 0.6) is 0 Å². The molecule has 11 heteroatoms. The summed E-state index contributed by atoms with van der Waals surface area (Å²) in [6, 6.07) is 0. The van der Waals surface area contributed by atoms with Gasteiger partial charge < -0.3 is 5.11 Å². The van der Waals surface area contributed by atoms with Crippen LogP contribution in [0.4, 0.5) is 8.78 Å². The topological polar surface area (TPSA) is 110 Å². The average Bonchev–Trinajstić information content (AvgIpc) is 2.40. The summed E-state index contributed by atoms with van der Waals surface area (Å²) in [5, 5.41) is 3.80. The van der Waals surface area contributed by atoms with Crippen molar-refractivity contribution in [2.75, 3.05) is 6.61 Å². The van der Waals surface area contributed by atoms with E-state index in [0.29, 0.717) is 11.8 Å². The SMILES string of the molecule is O=S(=O)(NS(=O)(=O)C(F)(F)CO)OC1C2CC3CC(C2)CC1C3. The number of halogens is 2. The Morgan fingerprint density at radius 3 is 1.91 bits per heavy atom. The van der Waals surface area contributed by atoms with Crippen LogP contribution < -0.4 is 4.13 Å². The fraction of sp³-hybridized carbons (Fsp3) is 1.00. The molecule has 0 unspecified atom stereocenters. The lowest BCUT2D eigenvalue weighted by Gasteiger charge is -2.53. The highest BCUT2D eigenvalue weighted by atomic mass is 32.3. The van der Waals surface area contributed by atoms with E-state index >= 15 is 0 Å². The summed E-state index contributed by atoms with van der Waals surface area (Å²) in [5.41, 5.74) is 0. The lowest BCUT2D eigenvalue weighted by atomic mass is 9.55. The molecule has 4 saturated carbocycles. The zero-order valence-electron chi connectivity index (χ0n) is 12.2. The molecular formula is C12H19F2NO6S2. The minimum atomic E-state index is -5.59. The molecule has 4 aliphatic rings. The fourth-order valence-electron chi connectivity index (χ4n) is 4.48. The number of aliphatic hydroxyl groups is 1. The lowest BCUT2D eigenvalue weighted by molar-refractivity contribution is -0.0767. The normalized spacial score (nSPS) is 37.3. The minimum Gasteiger partial charge on any atom is -0.389 e. The number of hydrogen-bond donors (Lipinski definition) is 2. The molecular weight excluding hydrogens is 356 g/mol. The van der Waals surface area contributed by atoms with Gasteiger partial charge in [0.1, 0.15) is 6.61 Å². The Bertz CT molecular complexity index is 650. The Hall–Kier alpha value is -0.360. The van der Waals surface area contributed by atoms with E-state index in [4.69, 9.17) is 9.29 Å². The van der Waals surface area contributed by atoms with Crippen molar-refractivity contribution in [3.8, 4) is 0 Å². The van der Waals surface area contributed by atoms with E-state index < -0.39 is 38.3 Å². The first-order valence-corrected chi connectivity index (χ1v) is 10.4. The Labute approximate surface area is 133 Å². The molecule has 0 aromatic carbocycles. The maximum absolute atomic E-state index is 13.1. The second-order valence-corrected chi connectivity index (χ2v) is 10.2. The van der Waals surface area contributed by atoms with Crippen LogP contribution in [0, 0.1) is 23.7 Å². The first-order valence-electron chi connectivity index (χ1n) is 7.48. The van der Waals surface area contributed by atoms with Crippen molar-refractivity contribution in [3.63, 3.8) is 0 Å². The van der Waals surface area contributed by atoms with Crippen molar-refractivity contribution >= 4 is 20.3 Å². The van der Waals surface area contributed by atoms with Crippen molar-refractivity contribution in [2.45, 2.75) is 43.5 Å². The summed E-state index contributed by atoms with van der Waals surface area (Å²) in [6.07, 6.45) is 3.78. The molecule has 4 rings (SSSR count). The smallest absolute Gasteiger partial charge is 0.382 e. The third kappa shape index (κ3) is 3.26. The summed E-state index contributed by atoms with van der Waals surface area (Å²) in [5.74, 6) is 1.14. The standard InChI is InChI=1S/C12H19F2NO6S2/c13-12(14,6-16)22(17,18)15-23(19,20)21-11-9-2-7-1-8(4-9)5-10(11)3-7/h7-11,15-16H,1-6H2. The predicted molar refractivity (Wildman–Crippen MR) is 74.9 cm³/mol. The lowest BCUT2D eigenvalue weighted by Crippen LogP contribution is -2.52. The van der Waals surface area contributed by atoms with Crippen LogP contribution in [0.15, 0.2) is 0 Å². The number of hydrogen-bond acceptors (Lipinski definition) is 6. The van der Waals surface area contributed by atoms with E-state index in [-0.39, 0.29) is 11.8 Å². The molecule has 0 radical (unpaired) electrons. The van der Waals surface area contributed by atoms with E-state index in [9.17, 15) is 25.6 Å². The highest BCUT2D eigenvalue weighted by Crippen LogP contribution is 2.54. The van der Waals surface area contributed by atoms with E-state index in [1.165, 1.54) is 0 Å². The zero-order valence-corrected chi connectivity index (χ0v) is 13.8. The van der Waals surface area contributed by atoms with Gasteiger partial charge >= 0.3 is 15.6 Å². The summed E-state index contributed by atoms with van der Waals surface area (Å²) in [7, 11) is -10.5. The van der Waals surface area contributed by atoms with Crippen molar-refractivity contribution < 1.29 is 34.9 Å². The molecule has 0 heterocycles. The molecule has 0 amide bonds. The van der Waals surface area contributed by atoms with Gasteiger partial charge in [0.2, 0.25) is 0 Å². The van der Waals surface area contributed by atoms with Gasteiger partial charge in [-0.05, 0) is 55.8 Å². The van der Waals surface area contributed by atoms with Crippen LogP contribution in [0.25, 0.3) is 0 Å². The maximum atomic E-state index is 13.1. The third-order valence-electron chi connectivity index (χ3n) is 5.17. The van der Waals surface area contributed by atoms with E-state index in [1.54, 1.807) is 0 Å². The molecule has 134 valence electrons. The molecule has 4 fully saturated rings. The summed E-state index contributed by atoms with van der Waals surface area (Å²) in [4.78, 5) is 0. The van der Waals surface area contributed by atoms with Gasteiger partial charge in [0, 0.05) is 0 Å². The summed E-state index contributed by atoms with van der Waals surface area (Å²) in [6.45, 7) is -2.02. The maximum Gasteiger partial charge on any atom is 0.382 e. The Morgan fingerprint density at radius 2 is 1.48 bits per heavy atom. The molecule has 0 aromatic rings. The second-order valence-electron chi connectivity index (χ2n) is 6.83. The van der Waals surface area contributed by atoms with Crippen LogP contribution in [-0.4, -0.2) is 39.9 Å². The van der Waals surface area contributed by atoms with Gasteiger partial charge in [0.05, 0.1) is 6.10 Å². The van der Waals surface area contributed by atoms with Gasteiger partial charge in [-0.15, -0.1) is 0 Å². The second kappa shape index (κ2) is 5.58. The van der Waals surface area contributed by atoms with Gasteiger partial charge in [-0.1, -0.05) is 4.13 Å². The first kappa shape index (κ1) is 17.5. The molecule has 0 atom stereocenters. The van der Waals surface area contributed by atoms with Crippen molar-refractivity contribution in [1.29, 1.82) is 0 Å². The van der Waals surface area contributed by atoms with Crippen molar-refractivity contribution in [1.82, 2.24) is 4.13 Å². The molecule has 7 nitrogen and oxygen atoms in total. The quantitative estimate of drug-likeness (QED) is 0.703. The molecule has 4 bridgehead atoms. The minimum absolute atomic E-state index is 0.0175. The molecule has 0 aromatic heterocycles. The van der Waals surface area contributed by atoms with Crippen LogP contribution in [0.2, 0.25) is 0 Å². The first-order chi connectivity index (χ1) is 10.5. The molecule has 0 spiro atoms. The third-order valence-corrected chi connectivity index (χ3v) is 8.25. The number of sulfonamides is 1. The highest BCUT2D eigenvalue weighted by Gasteiger charge is 2.52. The summed E-state index contributed by atoms with van der Waals surface area (Å²) >= 11 is 0. The van der Waals surface area contributed by atoms with Gasteiger partial charge in [-0.25, -0.2) is 8.42 Å². The molecule has 0 aliphatic heterocycles. The zero-order chi connectivity index (χ0) is 17.0. The van der Waals surface area contributed by atoms with Crippen LogP contribution in [0.3, 0.4) is 0 Å². The van der Waals surface area contributed by atoms with Crippen LogP contribution in [0.1, 0.15) is 32.1 Å². The number of alkyl halides is 2. The number of nitrogens with one attached hydrogen (secondary N) is 1. The fourth-order valence-corrected chi connectivity index (χ4v) is 6.98. The van der Waals surface area contributed by atoms with Gasteiger partial charge in [0.15, 0.2) is 0 Å². The predicted octanol–water partition coefficient (Wildman–Crippen LogP) is 0.577. The van der Waals surface area contributed by atoms with Crippen LogP contribution in [-0.2, 0) is 24.5 Å². The Morgan fingerprint density at radius 1 is 1.00 bits per heavy atom. The Balaban J connectivity index is 1.72. The molecule has 0 saturated heterocycles. The highest BCUT2D eigenvalue weighted by molar-refractivity contribution is 8.03. The van der Waals surface area contributed by atoms with E-state index in [1.807, 2.05) is 0 Å².